The van der Waals surface area contributed by atoms with E-state index in [2.05, 4.69) is 31.2 Å². The predicted octanol–water partition coefficient (Wildman–Crippen LogP) is 4.71. The highest BCUT2D eigenvalue weighted by molar-refractivity contribution is 6.35. The number of carbonyl (C=O) groups is 1. The third-order valence-electron chi connectivity index (χ3n) is 4.16. The average molecular weight is 382 g/mol. The molecule has 0 aliphatic carbocycles. The molecule has 0 radical (unpaired) electrons. The molecule has 6 heteroatoms. The molecular weight excluding hydrogens is 357 g/mol. The zero-order valence-corrected chi connectivity index (χ0v) is 16.7. The molecule has 0 spiro atoms. The Balaban J connectivity index is 1.91. The van der Waals surface area contributed by atoms with E-state index in [0.29, 0.717) is 35.3 Å². The van der Waals surface area contributed by atoms with E-state index in [0.717, 1.165) is 23.5 Å². The highest BCUT2D eigenvalue weighted by Gasteiger charge is 2.14. The number of nitrogens with zero attached hydrogens (tertiary/aromatic N) is 2. The Labute approximate surface area is 159 Å². The molecule has 136 valence electrons. The third kappa shape index (κ3) is 5.48. The molecular formula is C19H25Cl2N3O. The van der Waals surface area contributed by atoms with Gasteiger partial charge in [-0.1, -0.05) is 43.1 Å². The lowest BCUT2D eigenvalue weighted by molar-refractivity contribution is -0.121. The van der Waals surface area contributed by atoms with Crippen LogP contribution < -0.4 is 5.32 Å². The molecule has 25 heavy (non-hydrogen) atoms. The molecule has 1 aromatic carbocycles. The van der Waals surface area contributed by atoms with Crippen LogP contribution in [0.3, 0.4) is 0 Å². The second-order valence-electron chi connectivity index (χ2n) is 6.74. The average Bonchev–Trinajstić information content (AvgIpc) is 2.78. The van der Waals surface area contributed by atoms with Gasteiger partial charge in [0, 0.05) is 35.2 Å². The van der Waals surface area contributed by atoms with Crippen LogP contribution in [0.25, 0.3) is 0 Å². The largest absolute Gasteiger partial charge is 0.352 e. The van der Waals surface area contributed by atoms with Crippen molar-refractivity contribution >= 4 is 29.1 Å². The summed E-state index contributed by atoms with van der Waals surface area (Å²) in [5, 5.41) is 8.66. The zero-order valence-electron chi connectivity index (χ0n) is 15.2. The van der Waals surface area contributed by atoms with Gasteiger partial charge in [-0.2, -0.15) is 5.10 Å². The fourth-order valence-electron chi connectivity index (χ4n) is 2.81. The standard InChI is InChI=1S/C19H25Cl2N3O/c1-12(2)11-24-14(4)17(13(3)23-24)7-8-19(25)22-10-15-5-6-16(20)9-18(15)21/h5-6,9,12H,7-8,10-11H2,1-4H3,(H,22,25). The van der Waals surface area contributed by atoms with Crippen molar-refractivity contribution in [2.24, 2.45) is 5.92 Å². The quantitative estimate of drug-likeness (QED) is 0.754. The molecule has 0 fully saturated rings. The molecule has 2 rings (SSSR count). The molecule has 0 unspecified atom stereocenters. The molecule has 2 aromatic rings. The van der Waals surface area contributed by atoms with Gasteiger partial charge >= 0.3 is 0 Å². The normalized spacial score (nSPS) is 11.2. The van der Waals surface area contributed by atoms with Crippen LogP contribution in [0.5, 0.6) is 0 Å². The van der Waals surface area contributed by atoms with Crippen LogP contribution in [0, 0.1) is 19.8 Å². The Kier molecular flexibility index (Phi) is 6.91. The topological polar surface area (TPSA) is 46.9 Å². The summed E-state index contributed by atoms with van der Waals surface area (Å²) in [6.07, 6.45) is 1.12. The van der Waals surface area contributed by atoms with Gasteiger partial charge in [0.25, 0.3) is 0 Å². The van der Waals surface area contributed by atoms with E-state index in [-0.39, 0.29) is 5.91 Å². The van der Waals surface area contributed by atoms with Gasteiger partial charge in [0.05, 0.1) is 5.69 Å². The van der Waals surface area contributed by atoms with Gasteiger partial charge in [0.2, 0.25) is 5.91 Å². The van der Waals surface area contributed by atoms with Gasteiger partial charge in [-0.3, -0.25) is 9.48 Å². The van der Waals surface area contributed by atoms with E-state index in [4.69, 9.17) is 23.2 Å². The SMILES string of the molecule is Cc1nn(CC(C)C)c(C)c1CCC(=O)NCc1ccc(Cl)cc1Cl. The van der Waals surface area contributed by atoms with Gasteiger partial charge in [0.1, 0.15) is 0 Å². The lowest BCUT2D eigenvalue weighted by Gasteiger charge is -2.09. The van der Waals surface area contributed by atoms with E-state index in [9.17, 15) is 4.79 Å². The smallest absolute Gasteiger partial charge is 0.220 e. The van der Waals surface area contributed by atoms with Crippen LogP contribution >= 0.6 is 23.2 Å². The minimum Gasteiger partial charge on any atom is -0.352 e. The first-order valence-corrected chi connectivity index (χ1v) is 9.27. The number of carbonyl (C=O) groups excluding carboxylic acids is 1. The lowest BCUT2D eigenvalue weighted by atomic mass is 10.1. The highest BCUT2D eigenvalue weighted by atomic mass is 35.5. The summed E-state index contributed by atoms with van der Waals surface area (Å²) in [7, 11) is 0. The minimum absolute atomic E-state index is 0.00132. The summed E-state index contributed by atoms with van der Waals surface area (Å²) >= 11 is 12.0. The molecule has 0 bridgehead atoms. The van der Waals surface area contributed by atoms with Crippen molar-refractivity contribution in [3.8, 4) is 0 Å². The maximum absolute atomic E-state index is 12.2. The summed E-state index contributed by atoms with van der Waals surface area (Å²) in [6, 6.07) is 5.28. The Morgan fingerprint density at radius 2 is 2.00 bits per heavy atom. The number of hydrogen-bond donors (Lipinski definition) is 1. The fourth-order valence-corrected chi connectivity index (χ4v) is 3.28. The zero-order chi connectivity index (χ0) is 18.6. The predicted molar refractivity (Wildman–Crippen MR) is 103 cm³/mol. The van der Waals surface area contributed by atoms with Gasteiger partial charge < -0.3 is 5.32 Å². The Bertz CT molecular complexity index is 753. The van der Waals surface area contributed by atoms with E-state index in [1.807, 2.05) is 17.7 Å². The van der Waals surface area contributed by atoms with Gasteiger partial charge in [-0.05, 0) is 49.4 Å². The van der Waals surface area contributed by atoms with E-state index < -0.39 is 0 Å². The van der Waals surface area contributed by atoms with Crippen molar-refractivity contribution in [2.45, 2.75) is 53.6 Å². The number of rotatable bonds is 7. The Hall–Kier alpha value is -1.52. The van der Waals surface area contributed by atoms with Crippen molar-refractivity contribution in [3.05, 3.63) is 50.8 Å². The number of aromatic nitrogens is 2. The number of aryl methyl sites for hydroxylation is 1. The third-order valence-corrected chi connectivity index (χ3v) is 4.75. The van der Waals surface area contributed by atoms with Crippen LogP contribution in [0.2, 0.25) is 10.0 Å². The Morgan fingerprint density at radius 1 is 1.28 bits per heavy atom. The van der Waals surface area contributed by atoms with Gasteiger partial charge in [-0.25, -0.2) is 0 Å². The van der Waals surface area contributed by atoms with Gasteiger partial charge in [0.15, 0.2) is 0 Å². The van der Waals surface area contributed by atoms with Crippen LogP contribution in [0.15, 0.2) is 18.2 Å². The van der Waals surface area contributed by atoms with Crippen LogP contribution in [0.1, 0.15) is 42.8 Å². The molecule has 1 amide bonds. The summed E-state index contributed by atoms with van der Waals surface area (Å²) in [5.41, 5.74) is 4.18. The highest BCUT2D eigenvalue weighted by Crippen LogP contribution is 2.21. The molecule has 4 nitrogen and oxygen atoms in total. The number of nitrogens with one attached hydrogen (secondary N) is 1. The fraction of sp³-hybridized carbons (Fsp3) is 0.474. The van der Waals surface area contributed by atoms with E-state index >= 15 is 0 Å². The van der Waals surface area contributed by atoms with Crippen molar-refractivity contribution in [3.63, 3.8) is 0 Å². The van der Waals surface area contributed by atoms with Crippen molar-refractivity contribution < 1.29 is 4.79 Å². The van der Waals surface area contributed by atoms with Crippen molar-refractivity contribution in [1.82, 2.24) is 15.1 Å². The van der Waals surface area contributed by atoms with Crippen LogP contribution in [0.4, 0.5) is 0 Å². The molecule has 0 aliphatic rings. The van der Waals surface area contributed by atoms with Crippen molar-refractivity contribution in [1.29, 1.82) is 0 Å². The molecule has 0 aliphatic heterocycles. The molecule has 1 aromatic heterocycles. The van der Waals surface area contributed by atoms with Crippen LogP contribution in [-0.2, 0) is 24.3 Å². The maximum Gasteiger partial charge on any atom is 0.220 e. The van der Waals surface area contributed by atoms with Crippen molar-refractivity contribution in [2.75, 3.05) is 0 Å². The number of benzene rings is 1. The maximum atomic E-state index is 12.2. The first-order valence-electron chi connectivity index (χ1n) is 8.51. The monoisotopic (exact) mass is 381 g/mol. The number of amides is 1. The summed E-state index contributed by atoms with van der Waals surface area (Å²) in [4.78, 5) is 12.2. The molecule has 1 heterocycles. The summed E-state index contributed by atoms with van der Waals surface area (Å²) in [6.45, 7) is 9.72. The molecule has 0 saturated heterocycles. The first-order chi connectivity index (χ1) is 11.8. The van der Waals surface area contributed by atoms with E-state index in [1.54, 1.807) is 12.1 Å². The molecule has 0 saturated carbocycles. The van der Waals surface area contributed by atoms with E-state index in [1.165, 1.54) is 5.56 Å². The van der Waals surface area contributed by atoms with Gasteiger partial charge in [-0.15, -0.1) is 0 Å². The molecule has 0 atom stereocenters. The second-order valence-corrected chi connectivity index (χ2v) is 7.58. The minimum atomic E-state index is 0.00132. The summed E-state index contributed by atoms with van der Waals surface area (Å²) in [5.74, 6) is 0.541. The first kappa shape index (κ1) is 19.8. The lowest BCUT2D eigenvalue weighted by Crippen LogP contribution is -2.23. The molecule has 1 N–H and O–H groups in total. The summed E-state index contributed by atoms with van der Waals surface area (Å²) < 4.78 is 2.04. The Morgan fingerprint density at radius 3 is 2.64 bits per heavy atom. The second kappa shape index (κ2) is 8.72. The number of hydrogen-bond acceptors (Lipinski definition) is 2. The number of halogens is 2. The van der Waals surface area contributed by atoms with Crippen LogP contribution in [-0.4, -0.2) is 15.7 Å².